The van der Waals surface area contributed by atoms with E-state index in [1.807, 2.05) is 6.07 Å². The molecule has 1 heterocycles. The van der Waals surface area contributed by atoms with E-state index in [0.717, 1.165) is 19.3 Å². The minimum absolute atomic E-state index is 0.0120. The fourth-order valence-electron chi connectivity index (χ4n) is 6.60. The van der Waals surface area contributed by atoms with Gasteiger partial charge in [-0.3, -0.25) is 4.79 Å². The highest BCUT2D eigenvalue weighted by atomic mass is 19.1. The second-order valence-corrected chi connectivity index (χ2v) is 9.67. The number of carbonyl (C=O) groups is 1. The summed E-state index contributed by atoms with van der Waals surface area (Å²) in [5.41, 5.74) is 1.67. The summed E-state index contributed by atoms with van der Waals surface area (Å²) in [5, 5.41) is 3.34. The molecule has 1 N–H and O–H groups in total. The molecule has 2 aliphatic carbocycles. The van der Waals surface area contributed by atoms with E-state index in [9.17, 15) is 9.18 Å². The smallest absolute Gasteiger partial charge is 0.251 e. The van der Waals surface area contributed by atoms with Crippen molar-refractivity contribution in [1.29, 1.82) is 0 Å². The van der Waals surface area contributed by atoms with E-state index in [0.29, 0.717) is 24.0 Å². The summed E-state index contributed by atoms with van der Waals surface area (Å²) in [7, 11) is 0. The third-order valence-corrected chi connectivity index (χ3v) is 8.00. The molecule has 0 radical (unpaired) electrons. The van der Waals surface area contributed by atoms with Gasteiger partial charge in [-0.05, 0) is 65.7 Å². The van der Waals surface area contributed by atoms with E-state index in [-0.39, 0.29) is 34.7 Å². The van der Waals surface area contributed by atoms with Crippen LogP contribution in [0.2, 0.25) is 0 Å². The number of fused-ring (bicyclic) bond motifs is 1. The topological polar surface area (TPSA) is 38.3 Å². The van der Waals surface area contributed by atoms with Gasteiger partial charge in [0.1, 0.15) is 5.82 Å². The molecule has 152 valence electrons. The van der Waals surface area contributed by atoms with Crippen LogP contribution in [0.15, 0.2) is 54.6 Å². The van der Waals surface area contributed by atoms with Gasteiger partial charge in [0.2, 0.25) is 0 Å². The Morgan fingerprint density at radius 1 is 1.14 bits per heavy atom. The maximum absolute atomic E-state index is 13.7. The summed E-state index contributed by atoms with van der Waals surface area (Å²) < 4.78 is 19.9. The standard InChI is InChI=1S/C25H28FNO2/c1-24(2)18-14-20-21(16-7-4-3-5-8-16)29-12-11-25(20,15-18)23(24)27-22(28)17-9-6-10-19(26)13-17/h3-10,13,18,20-21,23H,11-12,14-15H2,1-2H3,(H,27,28)/t18-,20-,21-,23+,25?/m1/s1. The maximum atomic E-state index is 13.7. The van der Waals surface area contributed by atoms with Gasteiger partial charge in [0.25, 0.3) is 5.91 Å². The molecule has 2 saturated carbocycles. The van der Waals surface area contributed by atoms with E-state index < -0.39 is 0 Å². The van der Waals surface area contributed by atoms with Gasteiger partial charge < -0.3 is 10.1 Å². The largest absolute Gasteiger partial charge is 0.373 e. The minimum Gasteiger partial charge on any atom is -0.373 e. The molecule has 5 rings (SSSR count). The number of ether oxygens (including phenoxy) is 1. The van der Waals surface area contributed by atoms with E-state index in [4.69, 9.17) is 4.74 Å². The van der Waals surface area contributed by atoms with Gasteiger partial charge in [0.05, 0.1) is 6.10 Å². The summed E-state index contributed by atoms with van der Waals surface area (Å²) in [4.78, 5) is 13.0. The van der Waals surface area contributed by atoms with Gasteiger partial charge in [-0.2, -0.15) is 0 Å². The number of nitrogens with one attached hydrogen (secondary N) is 1. The normalized spacial score (nSPS) is 34.6. The Morgan fingerprint density at radius 2 is 1.93 bits per heavy atom. The van der Waals surface area contributed by atoms with Crippen molar-refractivity contribution in [2.24, 2.45) is 22.7 Å². The Morgan fingerprint density at radius 3 is 2.69 bits per heavy atom. The van der Waals surface area contributed by atoms with Crippen molar-refractivity contribution in [3.8, 4) is 0 Å². The predicted octanol–water partition coefficient (Wildman–Crippen LogP) is 5.14. The first-order chi connectivity index (χ1) is 13.9. The van der Waals surface area contributed by atoms with Crippen LogP contribution in [0.25, 0.3) is 0 Å². The molecule has 3 fully saturated rings. The van der Waals surface area contributed by atoms with Crippen molar-refractivity contribution in [3.63, 3.8) is 0 Å². The molecule has 1 aliphatic heterocycles. The van der Waals surface area contributed by atoms with E-state index in [1.54, 1.807) is 12.1 Å². The van der Waals surface area contributed by atoms with Gasteiger partial charge in [-0.15, -0.1) is 0 Å². The third kappa shape index (κ3) is 2.83. The van der Waals surface area contributed by atoms with Crippen molar-refractivity contribution >= 4 is 5.91 Å². The number of carbonyl (C=O) groups excluding carboxylic acids is 1. The third-order valence-electron chi connectivity index (χ3n) is 8.00. The molecular formula is C25H28FNO2. The second kappa shape index (κ2) is 6.66. The van der Waals surface area contributed by atoms with Crippen LogP contribution in [-0.2, 0) is 4.74 Å². The van der Waals surface area contributed by atoms with Crippen LogP contribution >= 0.6 is 0 Å². The summed E-state index contributed by atoms with van der Waals surface area (Å²) in [6, 6.07) is 16.5. The number of rotatable bonds is 3. The molecule has 1 unspecified atom stereocenters. The number of amides is 1. The lowest BCUT2D eigenvalue weighted by Crippen LogP contribution is -2.58. The van der Waals surface area contributed by atoms with Crippen LogP contribution in [0, 0.1) is 28.5 Å². The fraction of sp³-hybridized carbons (Fsp3) is 0.480. The van der Waals surface area contributed by atoms with Gasteiger partial charge in [0, 0.05) is 18.2 Å². The monoisotopic (exact) mass is 393 g/mol. The molecular weight excluding hydrogens is 365 g/mol. The number of hydrogen-bond acceptors (Lipinski definition) is 2. The van der Waals surface area contributed by atoms with Crippen LogP contribution in [0.4, 0.5) is 4.39 Å². The van der Waals surface area contributed by atoms with E-state index in [2.05, 4.69) is 43.4 Å². The zero-order valence-corrected chi connectivity index (χ0v) is 17.0. The molecule has 1 saturated heterocycles. The first kappa shape index (κ1) is 18.8. The molecule has 4 heteroatoms. The number of benzene rings is 2. The van der Waals surface area contributed by atoms with Crippen molar-refractivity contribution in [1.82, 2.24) is 5.32 Å². The highest BCUT2D eigenvalue weighted by molar-refractivity contribution is 5.94. The number of halogens is 1. The molecule has 1 amide bonds. The highest BCUT2D eigenvalue weighted by Gasteiger charge is 2.68. The average Bonchev–Trinajstić information content (AvgIpc) is 3.21. The molecule has 1 spiro atoms. The molecule has 3 nitrogen and oxygen atoms in total. The molecule has 5 atom stereocenters. The van der Waals surface area contributed by atoms with E-state index >= 15 is 0 Å². The highest BCUT2D eigenvalue weighted by Crippen LogP contribution is 2.70. The fourth-order valence-corrected chi connectivity index (χ4v) is 6.60. The van der Waals surface area contributed by atoms with Gasteiger partial charge in [0.15, 0.2) is 0 Å². The summed E-state index contributed by atoms with van der Waals surface area (Å²) in [6.07, 6.45) is 3.32. The molecule has 2 aromatic carbocycles. The molecule has 3 aliphatic rings. The van der Waals surface area contributed by atoms with Gasteiger partial charge in [-0.25, -0.2) is 4.39 Å². The average molecular weight is 394 g/mol. The van der Waals surface area contributed by atoms with Crippen molar-refractivity contribution in [2.45, 2.75) is 45.3 Å². The van der Waals surface area contributed by atoms with Crippen LogP contribution in [0.1, 0.15) is 55.1 Å². The van der Waals surface area contributed by atoms with Crippen LogP contribution in [-0.4, -0.2) is 18.6 Å². The quantitative estimate of drug-likeness (QED) is 0.784. The summed E-state index contributed by atoms with van der Waals surface area (Å²) in [5.74, 6) is 0.398. The van der Waals surface area contributed by atoms with Crippen LogP contribution < -0.4 is 5.32 Å². The molecule has 0 aromatic heterocycles. The van der Waals surface area contributed by atoms with Crippen LogP contribution in [0.5, 0.6) is 0 Å². The summed E-state index contributed by atoms with van der Waals surface area (Å²) >= 11 is 0. The Bertz CT molecular complexity index is 927. The maximum Gasteiger partial charge on any atom is 0.251 e. The van der Waals surface area contributed by atoms with Gasteiger partial charge >= 0.3 is 0 Å². The van der Waals surface area contributed by atoms with Crippen LogP contribution in [0.3, 0.4) is 0 Å². The lowest BCUT2D eigenvalue weighted by molar-refractivity contribution is -0.120. The lowest BCUT2D eigenvalue weighted by atomic mass is 9.59. The zero-order valence-electron chi connectivity index (χ0n) is 17.0. The first-order valence-electron chi connectivity index (χ1n) is 10.6. The predicted molar refractivity (Wildman–Crippen MR) is 110 cm³/mol. The SMILES string of the molecule is CC1(C)[C@@H]2C[C@@H]3[C@@H](c4ccccc4)OCCC3(C2)[C@H]1NC(=O)c1cccc(F)c1. The Labute approximate surface area is 171 Å². The lowest BCUT2D eigenvalue weighted by Gasteiger charge is -2.53. The molecule has 2 bridgehead atoms. The van der Waals surface area contributed by atoms with Crippen molar-refractivity contribution < 1.29 is 13.9 Å². The van der Waals surface area contributed by atoms with Crippen molar-refractivity contribution in [3.05, 3.63) is 71.5 Å². The first-order valence-corrected chi connectivity index (χ1v) is 10.6. The van der Waals surface area contributed by atoms with E-state index in [1.165, 1.54) is 17.7 Å². The minimum atomic E-state index is -0.379. The number of hydrogen-bond donors (Lipinski definition) is 1. The Kier molecular flexibility index (Phi) is 4.32. The Balaban J connectivity index is 1.48. The van der Waals surface area contributed by atoms with Gasteiger partial charge in [-0.1, -0.05) is 50.2 Å². The van der Waals surface area contributed by atoms with Crippen molar-refractivity contribution in [2.75, 3.05) is 6.61 Å². The molecule has 29 heavy (non-hydrogen) atoms. The summed E-state index contributed by atoms with van der Waals surface area (Å²) in [6.45, 7) is 5.28. The second-order valence-electron chi connectivity index (χ2n) is 9.67. The zero-order chi connectivity index (χ0) is 20.2. The molecule has 2 aromatic rings. The Hall–Kier alpha value is -2.20.